The number of benzene rings is 1. The molecule has 2 heterocycles. The number of nitrogens with zero attached hydrogens (tertiary/aromatic N) is 1. The predicted octanol–water partition coefficient (Wildman–Crippen LogP) is 3.10. The molecule has 3 rings (SSSR count). The summed E-state index contributed by atoms with van der Waals surface area (Å²) < 4.78 is 0. The van der Waals surface area contributed by atoms with Crippen molar-refractivity contribution in [1.29, 1.82) is 0 Å². The molecule has 0 amide bonds. The van der Waals surface area contributed by atoms with E-state index in [9.17, 15) is 0 Å². The standard InChI is InChI=1S/C14H14N2/c1-10-6-7-12(9-15-10)14-8-11-4-2-3-5-13(11)16-14/h2-7,9,14,16H,8H2,1H3. The molecule has 1 aromatic carbocycles. The van der Waals surface area contributed by atoms with Gasteiger partial charge in [0.05, 0.1) is 6.04 Å². The largest absolute Gasteiger partial charge is 0.378 e. The SMILES string of the molecule is Cc1ccc(C2Cc3ccccc3N2)cn1. The maximum absolute atomic E-state index is 4.35. The van der Waals surface area contributed by atoms with Gasteiger partial charge in [0.15, 0.2) is 0 Å². The Bertz CT molecular complexity index is 477. The van der Waals surface area contributed by atoms with Crippen LogP contribution in [0.2, 0.25) is 0 Å². The Labute approximate surface area is 95.3 Å². The lowest BCUT2D eigenvalue weighted by Crippen LogP contribution is -2.06. The summed E-state index contributed by atoms with van der Waals surface area (Å²) in [7, 11) is 0. The minimum atomic E-state index is 0.380. The summed E-state index contributed by atoms with van der Waals surface area (Å²) in [5.41, 5.74) is 4.99. The van der Waals surface area contributed by atoms with Gasteiger partial charge < -0.3 is 5.32 Å². The van der Waals surface area contributed by atoms with Crippen LogP contribution in [-0.4, -0.2) is 4.98 Å². The molecule has 0 radical (unpaired) electrons. The van der Waals surface area contributed by atoms with Crippen LogP contribution in [0.3, 0.4) is 0 Å². The Morgan fingerprint density at radius 1 is 1.19 bits per heavy atom. The van der Waals surface area contributed by atoms with Gasteiger partial charge in [0.2, 0.25) is 0 Å². The maximum Gasteiger partial charge on any atom is 0.0570 e. The monoisotopic (exact) mass is 210 g/mol. The number of nitrogens with one attached hydrogen (secondary N) is 1. The Kier molecular flexibility index (Phi) is 2.13. The Hall–Kier alpha value is -1.83. The molecule has 1 N–H and O–H groups in total. The second-order valence-electron chi connectivity index (χ2n) is 4.29. The second kappa shape index (κ2) is 3.63. The number of aromatic nitrogens is 1. The molecule has 1 aliphatic heterocycles. The lowest BCUT2D eigenvalue weighted by atomic mass is 10.0. The van der Waals surface area contributed by atoms with Gasteiger partial charge in [0.1, 0.15) is 0 Å². The summed E-state index contributed by atoms with van der Waals surface area (Å²) >= 11 is 0. The maximum atomic E-state index is 4.35. The zero-order valence-corrected chi connectivity index (χ0v) is 9.27. The van der Waals surface area contributed by atoms with E-state index in [2.05, 4.69) is 46.7 Å². The van der Waals surface area contributed by atoms with Gasteiger partial charge in [-0.25, -0.2) is 0 Å². The molecule has 0 aliphatic carbocycles. The van der Waals surface area contributed by atoms with Crippen LogP contribution in [0.1, 0.15) is 22.9 Å². The van der Waals surface area contributed by atoms with Crippen molar-refractivity contribution in [3.63, 3.8) is 0 Å². The number of rotatable bonds is 1. The molecule has 1 aliphatic rings. The van der Waals surface area contributed by atoms with E-state index in [1.54, 1.807) is 0 Å². The van der Waals surface area contributed by atoms with Gasteiger partial charge in [-0.3, -0.25) is 4.98 Å². The van der Waals surface area contributed by atoms with Gasteiger partial charge in [-0.15, -0.1) is 0 Å². The molecule has 0 fully saturated rings. The lowest BCUT2D eigenvalue weighted by molar-refractivity contribution is 0.816. The van der Waals surface area contributed by atoms with Gasteiger partial charge in [-0.1, -0.05) is 24.3 Å². The van der Waals surface area contributed by atoms with E-state index < -0.39 is 0 Å². The van der Waals surface area contributed by atoms with E-state index in [1.807, 2.05) is 13.1 Å². The quantitative estimate of drug-likeness (QED) is 0.782. The average molecular weight is 210 g/mol. The normalized spacial score (nSPS) is 17.9. The van der Waals surface area contributed by atoms with Crippen molar-refractivity contribution in [3.8, 4) is 0 Å². The molecule has 1 aromatic heterocycles. The fraction of sp³-hybridized carbons (Fsp3) is 0.214. The van der Waals surface area contributed by atoms with Gasteiger partial charge in [0.25, 0.3) is 0 Å². The number of fused-ring (bicyclic) bond motifs is 1. The number of hydrogen-bond acceptors (Lipinski definition) is 2. The molecule has 2 nitrogen and oxygen atoms in total. The molecule has 0 saturated carbocycles. The molecule has 1 atom stereocenters. The average Bonchev–Trinajstić information content (AvgIpc) is 2.73. The topological polar surface area (TPSA) is 24.9 Å². The molecule has 16 heavy (non-hydrogen) atoms. The summed E-state index contributed by atoms with van der Waals surface area (Å²) in [5.74, 6) is 0. The third-order valence-corrected chi connectivity index (χ3v) is 3.11. The van der Waals surface area contributed by atoms with Crippen LogP contribution in [0.4, 0.5) is 5.69 Å². The fourth-order valence-electron chi connectivity index (χ4n) is 2.18. The molecule has 0 saturated heterocycles. The van der Waals surface area contributed by atoms with Gasteiger partial charge in [-0.05, 0) is 36.6 Å². The first-order valence-electron chi connectivity index (χ1n) is 5.60. The molecule has 80 valence electrons. The highest BCUT2D eigenvalue weighted by Gasteiger charge is 2.21. The van der Waals surface area contributed by atoms with Crippen molar-refractivity contribution in [2.45, 2.75) is 19.4 Å². The van der Waals surface area contributed by atoms with Crippen LogP contribution in [0, 0.1) is 6.92 Å². The van der Waals surface area contributed by atoms with E-state index in [0.717, 1.165) is 12.1 Å². The summed E-state index contributed by atoms with van der Waals surface area (Å²) in [5, 5.41) is 3.53. The van der Waals surface area contributed by atoms with Crippen molar-refractivity contribution >= 4 is 5.69 Å². The van der Waals surface area contributed by atoms with E-state index in [1.165, 1.54) is 16.8 Å². The zero-order chi connectivity index (χ0) is 11.0. The first-order chi connectivity index (χ1) is 7.83. The summed E-state index contributed by atoms with van der Waals surface area (Å²) in [6, 6.07) is 13.1. The molecule has 2 heteroatoms. The van der Waals surface area contributed by atoms with E-state index in [-0.39, 0.29) is 0 Å². The highest BCUT2D eigenvalue weighted by Crippen LogP contribution is 2.33. The van der Waals surface area contributed by atoms with Crippen LogP contribution in [0.25, 0.3) is 0 Å². The minimum absolute atomic E-state index is 0.380. The van der Waals surface area contributed by atoms with Crippen LogP contribution in [-0.2, 0) is 6.42 Å². The zero-order valence-electron chi connectivity index (χ0n) is 9.27. The second-order valence-corrected chi connectivity index (χ2v) is 4.29. The third-order valence-electron chi connectivity index (χ3n) is 3.11. The first-order valence-corrected chi connectivity index (χ1v) is 5.60. The van der Waals surface area contributed by atoms with Crippen molar-refractivity contribution in [2.24, 2.45) is 0 Å². The summed E-state index contributed by atoms with van der Waals surface area (Å²) in [4.78, 5) is 4.35. The highest BCUT2D eigenvalue weighted by atomic mass is 15.0. The number of hydrogen-bond donors (Lipinski definition) is 1. The number of para-hydroxylation sites is 1. The van der Waals surface area contributed by atoms with Crippen molar-refractivity contribution in [1.82, 2.24) is 4.98 Å². The van der Waals surface area contributed by atoms with Crippen LogP contribution in [0.15, 0.2) is 42.6 Å². The fourth-order valence-corrected chi connectivity index (χ4v) is 2.18. The Morgan fingerprint density at radius 2 is 2.06 bits per heavy atom. The smallest absolute Gasteiger partial charge is 0.0570 e. The summed E-state index contributed by atoms with van der Waals surface area (Å²) in [6.45, 7) is 2.01. The Morgan fingerprint density at radius 3 is 2.81 bits per heavy atom. The van der Waals surface area contributed by atoms with Crippen molar-refractivity contribution in [3.05, 3.63) is 59.4 Å². The molecule has 0 spiro atoms. The molecule has 2 aromatic rings. The molecule has 0 bridgehead atoms. The van der Waals surface area contributed by atoms with E-state index in [4.69, 9.17) is 0 Å². The Balaban J connectivity index is 1.88. The van der Waals surface area contributed by atoms with E-state index >= 15 is 0 Å². The number of aryl methyl sites for hydroxylation is 1. The third kappa shape index (κ3) is 1.56. The first kappa shape index (κ1) is 9.40. The number of anilines is 1. The summed E-state index contributed by atoms with van der Waals surface area (Å²) in [6.07, 6.45) is 3.03. The van der Waals surface area contributed by atoms with Gasteiger partial charge in [-0.2, -0.15) is 0 Å². The van der Waals surface area contributed by atoms with Crippen molar-refractivity contribution in [2.75, 3.05) is 5.32 Å². The van der Waals surface area contributed by atoms with Crippen LogP contribution < -0.4 is 5.32 Å². The molecular formula is C14H14N2. The van der Waals surface area contributed by atoms with Crippen molar-refractivity contribution < 1.29 is 0 Å². The highest BCUT2D eigenvalue weighted by molar-refractivity contribution is 5.57. The molecular weight excluding hydrogens is 196 g/mol. The van der Waals surface area contributed by atoms with Gasteiger partial charge >= 0.3 is 0 Å². The number of pyridine rings is 1. The lowest BCUT2D eigenvalue weighted by Gasteiger charge is -2.11. The molecule has 1 unspecified atom stereocenters. The van der Waals surface area contributed by atoms with E-state index in [0.29, 0.717) is 6.04 Å². The van der Waals surface area contributed by atoms with Gasteiger partial charge in [0, 0.05) is 17.6 Å². The van der Waals surface area contributed by atoms with Crippen LogP contribution in [0.5, 0.6) is 0 Å². The predicted molar refractivity (Wildman–Crippen MR) is 65.5 cm³/mol. The van der Waals surface area contributed by atoms with Crippen LogP contribution >= 0.6 is 0 Å². The minimum Gasteiger partial charge on any atom is -0.378 e.